The van der Waals surface area contributed by atoms with Crippen molar-refractivity contribution in [3.63, 3.8) is 0 Å². The molecular weight excluding hydrogens is 359 g/mol. The van der Waals surface area contributed by atoms with Crippen LogP contribution in [0.5, 0.6) is 0 Å². The first-order chi connectivity index (χ1) is 12.8. The highest BCUT2D eigenvalue weighted by molar-refractivity contribution is 5.94. The van der Waals surface area contributed by atoms with E-state index in [1.165, 1.54) is 25.3 Å². The zero-order valence-electron chi connectivity index (χ0n) is 15.0. The molecule has 0 spiro atoms. The summed E-state index contributed by atoms with van der Waals surface area (Å²) in [6.45, 7) is 4.00. The average molecular weight is 377 g/mol. The lowest BCUT2D eigenvalue weighted by Gasteiger charge is -2.09. The first-order valence-electron chi connectivity index (χ1n) is 8.22. The molecule has 3 rings (SSSR count). The number of alkyl halides is 3. The fourth-order valence-corrected chi connectivity index (χ4v) is 2.49. The van der Waals surface area contributed by atoms with Crippen LogP contribution in [-0.4, -0.2) is 18.1 Å². The van der Waals surface area contributed by atoms with Gasteiger partial charge >= 0.3 is 12.1 Å². The fraction of sp³-hybridized carbons (Fsp3) is 0.200. The number of carbonyl (C=O) groups excluding carboxylic acids is 1. The van der Waals surface area contributed by atoms with Crippen molar-refractivity contribution in [2.45, 2.75) is 20.0 Å². The molecule has 0 aliphatic carbocycles. The maximum absolute atomic E-state index is 12.6. The number of hydrogen-bond donors (Lipinski definition) is 1. The number of ether oxygens (including phenoxy) is 1. The van der Waals surface area contributed by atoms with Crippen LogP contribution in [0.2, 0.25) is 0 Å². The van der Waals surface area contributed by atoms with Crippen LogP contribution in [0.15, 0.2) is 53.3 Å². The van der Waals surface area contributed by atoms with Crippen LogP contribution >= 0.6 is 0 Å². The van der Waals surface area contributed by atoms with Crippen LogP contribution in [0.25, 0.3) is 22.0 Å². The fourth-order valence-electron chi connectivity index (χ4n) is 2.49. The molecule has 0 fully saturated rings. The Hall–Kier alpha value is -3.09. The summed E-state index contributed by atoms with van der Waals surface area (Å²) in [6.07, 6.45) is -4.39. The molecule has 0 aliphatic heterocycles. The van der Waals surface area contributed by atoms with Crippen molar-refractivity contribution in [1.82, 2.24) is 4.98 Å². The number of halogens is 3. The summed E-state index contributed by atoms with van der Waals surface area (Å²) in [6, 6.07) is 11.2. The van der Waals surface area contributed by atoms with Gasteiger partial charge in [0.25, 0.3) is 5.56 Å². The molecule has 142 valence electrons. The van der Waals surface area contributed by atoms with Gasteiger partial charge in [0.05, 0.1) is 12.7 Å². The molecule has 0 amide bonds. The van der Waals surface area contributed by atoms with E-state index < -0.39 is 23.3 Å². The maximum Gasteiger partial charge on any atom is 0.416 e. The minimum Gasteiger partial charge on any atom is -0.465 e. The molecule has 1 aromatic heterocycles. The minimum atomic E-state index is -4.39. The van der Waals surface area contributed by atoms with Gasteiger partial charge in [-0.15, -0.1) is 0 Å². The van der Waals surface area contributed by atoms with E-state index in [0.717, 1.165) is 12.1 Å². The van der Waals surface area contributed by atoms with Crippen molar-refractivity contribution >= 4 is 16.9 Å². The molecule has 0 unspecified atom stereocenters. The van der Waals surface area contributed by atoms with Gasteiger partial charge < -0.3 is 9.72 Å². The number of methoxy groups -OCH3 is 1. The smallest absolute Gasteiger partial charge is 0.416 e. The first kappa shape index (κ1) is 20.2. The molecule has 0 aliphatic rings. The van der Waals surface area contributed by atoms with Crippen LogP contribution in [0, 0.1) is 0 Å². The van der Waals surface area contributed by atoms with Gasteiger partial charge in [-0.1, -0.05) is 38.1 Å². The molecule has 3 aromatic rings. The second-order valence-electron chi connectivity index (χ2n) is 5.38. The third kappa shape index (κ3) is 4.36. The van der Waals surface area contributed by atoms with E-state index in [-0.39, 0.29) is 5.56 Å². The predicted molar refractivity (Wildman–Crippen MR) is 97.7 cm³/mol. The van der Waals surface area contributed by atoms with Gasteiger partial charge in [-0.2, -0.15) is 13.2 Å². The van der Waals surface area contributed by atoms with E-state index in [2.05, 4.69) is 9.72 Å². The molecule has 0 saturated carbocycles. The Kier molecular flexibility index (Phi) is 6.05. The third-order valence-corrected chi connectivity index (χ3v) is 3.80. The highest BCUT2D eigenvalue weighted by Gasteiger charge is 2.29. The maximum atomic E-state index is 12.6. The summed E-state index contributed by atoms with van der Waals surface area (Å²) in [5.74, 6) is -0.741. The van der Waals surface area contributed by atoms with Gasteiger partial charge in [-0.25, -0.2) is 4.79 Å². The average Bonchev–Trinajstić information content (AvgIpc) is 2.67. The third-order valence-electron chi connectivity index (χ3n) is 3.80. The van der Waals surface area contributed by atoms with Crippen molar-refractivity contribution in [2.75, 3.05) is 7.11 Å². The predicted octanol–water partition coefficient (Wildman–Crippen LogP) is 5.03. The Morgan fingerprint density at radius 2 is 1.56 bits per heavy atom. The second-order valence-corrected chi connectivity index (χ2v) is 5.38. The highest BCUT2D eigenvalue weighted by atomic mass is 19.4. The molecule has 2 aromatic carbocycles. The van der Waals surface area contributed by atoms with Gasteiger partial charge in [0, 0.05) is 5.52 Å². The van der Waals surface area contributed by atoms with Crippen LogP contribution in [0.4, 0.5) is 13.2 Å². The summed E-state index contributed by atoms with van der Waals surface area (Å²) >= 11 is 0. The lowest BCUT2D eigenvalue weighted by atomic mass is 10.0. The first-order valence-corrected chi connectivity index (χ1v) is 8.22. The number of fused-ring (bicyclic) bond motifs is 1. The highest BCUT2D eigenvalue weighted by Crippen LogP contribution is 2.31. The van der Waals surface area contributed by atoms with Gasteiger partial charge in [0.1, 0.15) is 5.56 Å². The van der Waals surface area contributed by atoms with Crippen molar-refractivity contribution < 1.29 is 22.7 Å². The summed E-state index contributed by atoms with van der Waals surface area (Å²) in [7, 11) is 1.18. The van der Waals surface area contributed by atoms with E-state index in [4.69, 9.17) is 0 Å². The molecule has 0 saturated heterocycles. The number of H-pyrrole nitrogens is 1. The number of aromatic amines is 1. The normalized spacial score (nSPS) is 10.9. The largest absolute Gasteiger partial charge is 0.465 e. The Morgan fingerprint density at radius 3 is 2.11 bits per heavy atom. The molecule has 0 bridgehead atoms. The summed E-state index contributed by atoms with van der Waals surface area (Å²) in [5, 5.41) is 0.607. The van der Waals surface area contributed by atoms with Gasteiger partial charge in [-0.05, 0) is 40.8 Å². The number of aromatic nitrogens is 1. The standard InChI is InChI=1S/C18H12F3NO3.C2H6/c1-25-17(24)14-8-12-3-2-11(9-15(12)22-16(14)23)10-4-6-13(7-5-10)18(19,20)21;1-2/h2-9H,1H3,(H,22,23);1-2H3. The van der Waals surface area contributed by atoms with E-state index in [1.54, 1.807) is 18.2 Å². The van der Waals surface area contributed by atoms with E-state index >= 15 is 0 Å². The molecule has 1 N–H and O–H groups in total. The molecule has 0 atom stereocenters. The zero-order valence-corrected chi connectivity index (χ0v) is 15.0. The number of pyridine rings is 1. The van der Waals surface area contributed by atoms with Crippen LogP contribution in [0.3, 0.4) is 0 Å². The zero-order chi connectivity index (χ0) is 20.2. The number of benzene rings is 2. The number of hydrogen-bond acceptors (Lipinski definition) is 3. The summed E-state index contributed by atoms with van der Waals surface area (Å²) < 4.78 is 42.4. The Morgan fingerprint density at radius 1 is 0.963 bits per heavy atom. The molecule has 7 heteroatoms. The molecular formula is C20H18F3NO3. The quantitative estimate of drug-likeness (QED) is 0.638. The van der Waals surface area contributed by atoms with Crippen molar-refractivity contribution in [3.8, 4) is 11.1 Å². The topological polar surface area (TPSA) is 59.2 Å². The number of carbonyl (C=O) groups is 1. The monoisotopic (exact) mass is 377 g/mol. The van der Waals surface area contributed by atoms with Crippen molar-refractivity contribution in [1.29, 1.82) is 0 Å². The number of nitrogens with one attached hydrogen (secondary N) is 1. The Bertz CT molecular complexity index is 1010. The lowest BCUT2D eigenvalue weighted by molar-refractivity contribution is -0.137. The lowest BCUT2D eigenvalue weighted by Crippen LogP contribution is -2.18. The second kappa shape index (κ2) is 8.07. The van der Waals surface area contributed by atoms with Gasteiger partial charge in [0.15, 0.2) is 0 Å². The van der Waals surface area contributed by atoms with Crippen molar-refractivity contribution in [2.24, 2.45) is 0 Å². The van der Waals surface area contributed by atoms with E-state index in [0.29, 0.717) is 22.0 Å². The molecule has 1 heterocycles. The summed E-state index contributed by atoms with van der Waals surface area (Å²) in [5.41, 5.74) is 0.250. The molecule has 0 radical (unpaired) electrons. The van der Waals surface area contributed by atoms with Crippen LogP contribution in [-0.2, 0) is 10.9 Å². The molecule has 27 heavy (non-hydrogen) atoms. The van der Waals surface area contributed by atoms with Crippen molar-refractivity contribution in [3.05, 3.63) is 70.0 Å². The van der Waals surface area contributed by atoms with E-state index in [1.807, 2.05) is 13.8 Å². The van der Waals surface area contributed by atoms with Gasteiger partial charge in [-0.3, -0.25) is 4.79 Å². The minimum absolute atomic E-state index is 0.114. The van der Waals surface area contributed by atoms with Gasteiger partial charge in [0.2, 0.25) is 0 Å². The van der Waals surface area contributed by atoms with Crippen LogP contribution in [0.1, 0.15) is 29.8 Å². The van der Waals surface area contributed by atoms with E-state index in [9.17, 15) is 22.8 Å². The molecule has 4 nitrogen and oxygen atoms in total. The number of esters is 1. The Balaban J connectivity index is 0.00000126. The summed E-state index contributed by atoms with van der Waals surface area (Å²) in [4.78, 5) is 26.1. The van der Waals surface area contributed by atoms with Crippen LogP contribution < -0.4 is 5.56 Å². The SMILES string of the molecule is CC.COC(=O)c1cc2ccc(-c3ccc(C(F)(F)F)cc3)cc2[nH]c1=O. The number of rotatable bonds is 2. The Labute approximate surface area is 153 Å².